The van der Waals surface area contributed by atoms with Gasteiger partial charge in [-0.1, -0.05) is 43.3 Å². The van der Waals surface area contributed by atoms with Crippen molar-refractivity contribution >= 4 is 27.5 Å². The van der Waals surface area contributed by atoms with Crippen LogP contribution in [0.1, 0.15) is 39.7 Å². The van der Waals surface area contributed by atoms with Gasteiger partial charge in [-0.25, -0.2) is 8.42 Å². The van der Waals surface area contributed by atoms with Crippen molar-refractivity contribution < 1.29 is 22.7 Å². The molecule has 192 valence electrons. The maximum Gasteiger partial charge on any atom is 0.244 e. The molecule has 0 aliphatic carbocycles. The Hall–Kier alpha value is -3.07. The Morgan fingerprint density at radius 2 is 1.71 bits per heavy atom. The fourth-order valence-electron chi connectivity index (χ4n) is 3.73. The zero-order valence-electron chi connectivity index (χ0n) is 21.4. The minimum absolute atomic E-state index is 0.270. The lowest BCUT2D eigenvalue weighted by molar-refractivity contribution is -0.140. The van der Waals surface area contributed by atoms with Crippen molar-refractivity contribution in [2.45, 2.75) is 52.1 Å². The molecular formula is C26H37N3O5S. The number of sulfonamides is 1. The first-order valence-electron chi connectivity index (χ1n) is 11.6. The largest absolute Gasteiger partial charge is 0.497 e. The molecule has 0 aliphatic heterocycles. The number of nitrogens with zero attached hydrogens (tertiary/aromatic N) is 2. The van der Waals surface area contributed by atoms with Crippen LogP contribution in [0.3, 0.4) is 0 Å². The summed E-state index contributed by atoms with van der Waals surface area (Å²) in [5.41, 5.74) is 0.859. The zero-order valence-corrected chi connectivity index (χ0v) is 22.3. The number of anilines is 1. The second-order valence-electron chi connectivity index (χ2n) is 9.46. The molecule has 0 fully saturated rings. The number of hydrogen-bond acceptors (Lipinski definition) is 5. The molecule has 9 heteroatoms. The molecule has 0 saturated heterocycles. The molecule has 1 N–H and O–H groups in total. The lowest BCUT2D eigenvalue weighted by Gasteiger charge is -2.34. The molecule has 1 atom stereocenters. The lowest BCUT2D eigenvalue weighted by Crippen LogP contribution is -2.56. The lowest BCUT2D eigenvalue weighted by atomic mass is 10.1. The van der Waals surface area contributed by atoms with Crippen LogP contribution in [0, 0.1) is 0 Å². The molecule has 8 nitrogen and oxygen atoms in total. The van der Waals surface area contributed by atoms with E-state index in [1.807, 2.05) is 58.0 Å². The van der Waals surface area contributed by atoms with Crippen LogP contribution in [-0.4, -0.2) is 63.2 Å². The third-order valence-electron chi connectivity index (χ3n) is 5.39. The van der Waals surface area contributed by atoms with E-state index < -0.39 is 34.1 Å². The number of carbonyl (C=O) groups excluding carboxylic acids is 2. The highest BCUT2D eigenvalue weighted by Crippen LogP contribution is 2.23. The molecular weight excluding hydrogens is 466 g/mol. The van der Waals surface area contributed by atoms with Gasteiger partial charge in [0, 0.05) is 18.2 Å². The SMILES string of the molecule is CC[C@H](C(=O)NC(C)(C)C)N(CCc1ccccc1)C(=O)CN(c1cccc(OC)c1)S(C)(=O)=O. The maximum absolute atomic E-state index is 13.6. The number of carbonyl (C=O) groups is 2. The Morgan fingerprint density at radius 3 is 2.26 bits per heavy atom. The highest BCUT2D eigenvalue weighted by Gasteiger charge is 2.32. The van der Waals surface area contributed by atoms with E-state index in [1.54, 1.807) is 24.3 Å². The van der Waals surface area contributed by atoms with Gasteiger partial charge in [0.2, 0.25) is 21.8 Å². The van der Waals surface area contributed by atoms with Gasteiger partial charge in [-0.2, -0.15) is 0 Å². The summed E-state index contributed by atoms with van der Waals surface area (Å²) >= 11 is 0. The fourth-order valence-corrected chi connectivity index (χ4v) is 4.57. The zero-order chi connectivity index (χ0) is 26.2. The van der Waals surface area contributed by atoms with Crippen LogP contribution in [0.2, 0.25) is 0 Å². The average molecular weight is 504 g/mol. The van der Waals surface area contributed by atoms with Crippen LogP contribution in [0.5, 0.6) is 5.75 Å². The molecule has 2 aromatic carbocycles. The normalized spacial score (nSPS) is 12.5. The van der Waals surface area contributed by atoms with Crippen molar-refractivity contribution in [3.05, 3.63) is 60.2 Å². The number of methoxy groups -OCH3 is 1. The van der Waals surface area contributed by atoms with E-state index in [4.69, 9.17) is 4.74 Å². The van der Waals surface area contributed by atoms with Crippen molar-refractivity contribution in [2.75, 3.05) is 30.8 Å². The number of nitrogens with one attached hydrogen (secondary N) is 1. The van der Waals surface area contributed by atoms with E-state index in [9.17, 15) is 18.0 Å². The van der Waals surface area contributed by atoms with Crippen molar-refractivity contribution in [3.63, 3.8) is 0 Å². The van der Waals surface area contributed by atoms with Crippen molar-refractivity contribution in [1.29, 1.82) is 0 Å². The predicted octanol–water partition coefficient (Wildman–Crippen LogP) is 3.23. The van der Waals surface area contributed by atoms with E-state index in [0.717, 1.165) is 16.1 Å². The second-order valence-corrected chi connectivity index (χ2v) is 11.4. The summed E-state index contributed by atoms with van der Waals surface area (Å²) in [4.78, 5) is 28.3. The average Bonchev–Trinajstić information content (AvgIpc) is 2.78. The van der Waals surface area contributed by atoms with Crippen LogP contribution in [-0.2, 0) is 26.0 Å². The van der Waals surface area contributed by atoms with Gasteiger partial charge in [0.15, 0.2) is 0 Å². The Morgan fingerprint density at radius 1 is 1.06 bits per heavy atom. The van der Waals surface area contributed by atoms with Gasteiger partial charge >= 0.3 is 0 Å². The maximum atomic E-state index is 13.6. The Kier molecular flexibility index (Phi) is 9.71. The molecule has 2 rings (SSSR count). The molecule has 2 aromatic rings. The van der Waals surface area contributed by atoms with Gasteiger partial charge in [0.1, 0.15) is 18.3 Å². The van der Waals surface area contributed by atoms with Gasteiger partial charge < -0.3 is 15.0 Å². The highest BCUT2D eigenvalue weighted by atomic mass is 32.2. The van der Waals surface area contributed by atoms with Crippen LogP contribution >= 0.6 is 0 Å². The predicted molar refractivity (Wildman–Crippen MR) is 139 cm³/mol. The van der Waals surface area contributed by atoms with Gasteiger partial charge in [-0.3, -0.25) is 13.9 Å². The third kappa shape index (κ3) is 8.58. The smallest absolute Gasteiger partial charge is 0.244 e. The molecule has 0 heterocycles. The number of hydrogen-bond donors (Lipinski definition) is 1. The van der Waals surface area contributed by atoms with Gasteiger partial charge in [0.05, 0.1) is 19.1 Å². The van der Waals surface area contributed by atoms with Crippen LogP contribution in [0.25, 0.3) is 0 Å². The van der Waals surface area contributed by atoms with Crippen LogP contribution < -0.4 is 14.4 Å². The first kappa shape index (κ1) is 28.2. The van der Waals surface area contributed by atoms with Gasteiger partial charge in [-0.05, 0) is 51.3 Å². The number of rotatable bonds is 11. The van der Waals surface area contributed by atoms with E-state index >= 15 is 0 Å². The summed E-state index contributed by atoms with van der Waals surface area (Å²) in [5.74, 6) is -0.251. The summed E-state index contributed by atoms with van der Waals surface area (Å²) in [5, 5.41) is 2.95. The standard InChI is InChI=1S/C26H37N3O5S/c1-7-23(25(31)27-26(2,3)4)28(17-16-20-12-9-8-10-13-20)24(30)19-29(35(6,32)33)21-14-11-15-22(18-21)34-5/h8-15,18,23H,7,16-17,19H2,1-6H3,(H,27,31)/t23-/m1/s1. The van der Waals surface area contributed by atoms with Gasteiger partial charge in [0.25, 0.3) is 0 Å². The van der Waals surface area contributed by atoms with E-state index in [-0.39, 0.29) is 12.5 Å². The topological polar surface area (TPSA) is 96.0 Å². The summed E-state index contributed by atoms with van der Waals surface area (Å²) < 4.78 is 31.6. The number of ether oxygens (including phenoxy) is 1. The van der Waals surface area contributed by atoms with Gasteiger partial charge in [-0.15, -0.1) is 0 Å². The minimum Gasteiger partial charge on any atom is -0.497 e. The molecule has 0 aromatic heterocycles. The quantitative estimate of drug-likeness (QED) is 0.508. The number of amides is 2. The van der Waals surface area contributed by atoms with Crippen molar-refractivity contribution in [1.82, 2.24) is 10.2 Å². The van der Waals surface area contributed by atoms with E-state index in [2.05, 4.69) is 5.32 Å². The van der Waals surface area contributed by atoms with E-state index in [0.29, 0.717) is 24.3 Å². The summed E-state index contributed by atoms with van der Waals surface area (Å²) in [6.07, 6.45) is 1.97. The first-order chi connectivity index (χ1) is 16.4. The van der Waals surface area contributed by atoms with Crippen molar-refractivity contribution in [3.8, 4) is 5.75 Å². The Balaban J connectivity index is 2.39. The molecule has 0 aliphatic rings. The Labute approximate surface area is 209 Å². The number of benzene rings is 2. The molecule has 0 saturated carbocycles. The van der Waals surface area contributed by atoms with E-state index in [1.165, 1.54) is 12.0 Å². The molecule has 35 heavy (non-hydrogen) atoms. The molecule has 0 bridgehead atoms. The molecule has 2 amide bonds. The minimum atomic E-state index is -3.79. The summed E-state index contributed by atoms with van der Waals surface area (Å²) in [6.45, 7) is 7.31. The fraction of sp³-hybridized carbons (Fsp3) is 0.462. The first-order valence-corrected chi connectivity index (χ1v) is 13.5. The van der Waals surface area contributed by atoms with Crippen LogP contribution in [0.15, 0.2) is 54.6 Å². The molecule has 0 radical (unpaired) electrons. The monoisotopic (exact) mass is 503 g/mol. The van der Waals surface area contributed by atoms with Crippen LogP contribution in [0.4, 0.5) is 5.69 Å². The van der Waals surface area contributed by atoms with Crippen molar-refractivity contribution in [2.24, 2.45) is 0 Å². The second kappa shape index (κ2) is 12.1. The summed E-state index contributed by atoms with van der Waals surface area (Å²) in [6, 6.07) is 15.4. The molecule has 0 unspecified atom stereocenters. The highest BCUT2D eigenvalue weighted by molar-refractivity contribution is 7.92. The third-order valence-corrected chi connectivity index (χ3v) is 6.53. The Bertz CT molecular complexity index is 1100. The molecule has 0 spiro atoms. The summed E-state index contributed by atoms with van der Waals surface area (Å²) in [7, 11) is -2.30.